The Balaban J connectivity index is 1.71. The number of rotatable bonds is 11. The van der Waals surface area contributed by atoms with Gasteiger partial charge in [-0.05, 0) is 54.3 Å². The van der Waals surface area contributed by atoms with Gasteiger partial charge in [-0.25, -0.2) is 8.42 Å². The zero-order valence-electron chi connectivity index (χ0n) is 23.0. The molecule has 0 aliphatic heterocycles. The number of amides is 2. The summed E-state index contributed by atoms with van der Waals surface area (Å²) >= 11 is 9.51. The van der Waals surface area contributed by atoms with Crippen molar-refractivity contribution in [2.75, 3.05) is 17.1 Å². The van der Waals surface area contributed by atoms with Crippen LogP contribution in [-0.4, -0.2) is 50.0 Å². The standard InChI is InChI=1S/C31H35BrClN3O4S/c1-41(39,40)36(28-14-8-11-25(32)20-28)22-30(37)35(21-24-15-17-26(33)18-16-24)29(19-23-9-4-2-5-10-23)31(38)34-27-12-6-3-7-13-27/h2,4-5,8-11,14-18,20,27,29H,3,6-7,12-13,19,21-22H2,1H3,(H,34,38)/t29-/m1/s1. The summed E-state index contributed by atoms with van der Waals surface area (Å²) in [6.07, 6.45) is 6.42. The third kappa shape index (κ3) is 9.05. The highest BCUT2D eigenvalue weighted by Crippen LogP contribution is 2.24. The van der Waals surface area contributed by atoms with Crippen molar-refractivity contribution >= 4 is 55.1 Å². The molecule has 218 valence electrons. The topological polar surface area (TPSA) is 86.8 Å². The second-order valence-corrected chi connectivity index (χ2v) is 13.7. The summed E-state index contributed by atoms with van der Waals surface area (Å²) in [6.45, 7) is -0.341. The van der Waals surface area contributed by atoms with Crippen molar-refractivity contribution in [3.05, 3.63) is 99.5 Å². The molecule has 1 fully saturated rings. The Morgan fingerprint density at radius 2 is 1.63 bits per heavy atom. The summed E-state index contributed by atoms with van der Waals surface area (Å²) in [7, 11) is -3.82. The van der Waals surface area contributed by atoms with E-state index in [2.05, 4.69) is 21.2 Å². The maximum atomic E-state index is 14.2. The van der Waals surface area contributed by atoms with Crippen LogP contribution in [0, 0.1) is 0 Å². The molecule has 4 rings (SSSR count). The van der Waals surface area contributed by atoms with Crippen LogP contribution in [0.5, 0.6) is 0 Å². The molecule has 3 aromatic carbocycles. The van der Waals surface area contributed by atoms with Gasteiger partial charge in [0.25, 0.3) is 0 Å². The Kier molecular flexibility index (Phi) is 10.9. The molecule has 0 aromatic heterocycles. The van der Waals surface area contributed by atoms with Crippen molar-refractivity contribution in [2.24, 2.45) is 0 Å². The van der Waals surface area contributed by atoms with Crippen molar-refractivity contribution in [3.8, 4) is 0 Å². The number of carbonyl (C=O) groups is 2. The lowest BCUT2D eigenvalue weighted by molar-refractivity contribution is -0.140. The number of nitrogens with one attached hydrogen (secondary N) is 1. The van der Waals surface area contributed by atoms with E-state index in [1.54, 1.807) is 36.4 Å². The van der Waals surface area contributed by atoms with Crippen LogP contribution in [0.4, 0.5) is 5.69 Å². The highest BCUT2D eigenvalue weighted by molar-refractivity contribution is 9.10. The van der Waals surface area contributed by atoms with Gasteiger partial charge in [-0.2, -0.15) is 0 Å². The first-order valence-corrected chi connectivity index (χ1v) is 16.7. The number of nitrogens with zero attached hydrogens (tertiary/aromatic N) is 2. The number of anilines is 1. The summed E-state index contributed by atoms with van der Waals surface area (Å²) in [4.78, 5) is 29.6. The average molecular weight is 661 g/mol. The number of hydrogen-bond donors (Lipinski definition) is 1. The van der Waals surface area contributed by atoms with Gasteiger partial charge in [0.05, 0.1) is 11.9 Å². The van der Waals surface area contributed by atoms with Gasteiger partial charge < -0.3 is 10.2 Å². The fourth-order valence-electron chi connectivity index (χ4n) is 5.13. The van der Waals surface area contributed by atoms with Crippen molar-refractivity contribution in [2.45, 2.75) is 57.2 Å². The van der Waals surface area contributed by atoms with Crippen LogP contribution in [0.1, 0.15) is 43.2 Å². The zero-order chi connectivity index (χ0) is 29.4. The van der Waals surface area contributed by atoms with Crippen LogP contribution in [0.15, 0.2) is 83.3 Å². The molecule has 1 aliphatic carbocycles. The van der Waals surface area contributed by atoms with Gasteiger partial charge in [-0.15, -0.1) is 0 Å². The molecule has 0 bridgehead atoms. The first-order valence-electron chi connectivity index (χ1n) is 13.7. The molecule has 7 nitrogen and oxygen atoms in total. The number of sulfonamides is 1. The lowest BCUT2D eigenvalue weighted by Crippen LogP contribution is -2.55. The minimum Gasteiger partial charge on any atom is -0.352 e. The van der Waals surface area contributed by atoms with Gasteiger partial charge in [0.15, 0.2) is 0 Å². The minimum absolute atomic E-state index is 0.0520. The van der Waals surface area contributed by atoms with E-state index in [4.69, 9.17) is 11.6 Å². The first kappa shape index (κ1) is 31.1. The third-order valence-corrected chi connectivity index (χ3v) is 9.15. The van der Waals surface area contributed by atoms with Gasteiger partial charge in [0.1, 0.15) is 12.6 Å². The van der Waals surface area contributed by atoms with E-state index in [9.17, 15) is 18.0 Å². The maximum absolute atomic E-state index is 14.2. The average Bonchev–Trinajstić information content (AvgIpc) is 2.95. The lowest BCUT2D eigenvalue weighted by atomic mass is 9.94. The Morgan fingerprint density at radius 3 is 2.27 bits per heavy atom. The third-order valence-electron chi connectivity index (χ3n) is 7.26. The SMILES string of the molecule is CS(=O)(=O)N(CC(=O)N(Cc1ccc(Cl)cc1)[C@H](Cc1ccccc1)C(=O)NC1CCCCC1)c1cccc(Br)c1. The van der Waals surface area contributed by atoms with E-state index in [0.29, 0.717) is 15.2 Å². The summed E-state index contributed by atoms with van der Waals surface area (Å²) < 4.78 is 27.6. The van der Waals surface area contributed by atoms with E-state index in [0.717, 1.165) is 53.8 Å². The van der Waals surface area contributed by atoms with Crippen LogP contribution in [0.3, 0.4) is 0 Å². The van der Waals surface area contributed by atoms with E-state index >= 15 is 0 Å². The molecule has 41 heavy (non-hydrogen) atoms. The first-order chi connectivity index (χ1) is 19.6. The van der Waals surface area contributed by atoms with Gasteiger partial charge in [-0.3, -0.25) is 13.9 Å². The van der Waals surface area contributed by atoms with Gasteiger partial charge in [0.2, 0.25) is 21.8 Å². The Bertz CT molecular complexity index is 1430. The minimum atomic E-state index is -3.82. The van der Waals surface area contributed by atoms with Gasteiger partial charge in [0, 0.05) is 28.5 Å². The Hall–Kier alpha value is -2.88. The van der Waals surface area contributed by atoms with Gasteiger partial charge in [-0.1, -0.05) is 95.3 Å². The summed E-state index contributed by atoms with van der Waals surface area (Å²) in [5.41, 5.74) is 2.03. The van der Waals surface area contributed by atoms with E-state index in [1.807, 2.05) is 42.5 Å². The predicted molar refractivity (Wildman–Crippen MR) is 167 cm³/mol. The molecule has 0 radical (unpaired) electrons. The molecular weight excluding hydrogens is 626 g/mol. The molecule has 0 saturated heterocycles. The van der Waals surface area contributed by atoms with Crippen molar-refractivity contribution in [1.29, 1.82) is 0 Å². The highest BCUT2D eigenvalue weighted by Gasteiger charge is 2.34. The quantitative estimate of drug-likeness (QED) is 0.275. The fourth-order valence-corrected chi connectivity index (χ4v) is 6.48. The Morgan fingerprint density at radius 1 is 0.951 bits per heavy atom. The summed E-state index contributed by atoms with van der Waals surface area (Å²) in [5, 5.41) is 3.76. The second-order valence-electron chi connectivity index (χ2n) is 10.4. The Labute approximate surface area is 256 Å². The second kappa shape index (κ2) is 14.3. The molecule has 1 atom stereocenters. The summed E-state index contributed by atoms with van der Waals surface area (Å²) in [5.74, 6) is -0.721. The van der Waals surface area contributed by atoms with Crippen molar-refractivity contribution in [1.82, 2.24) is 10.2 Å². The molecule has 3 aromatic rings. The molecule has 1 aliphatic rings. The zero-order valence-corrected chi connectivity index (χ0v) is 26.2. The fraction of sp³-hybridized carbons (Fsp3) is 0.355. The van der Waals surface area contributed by atoms with Crippen LogP contribution in [0.25, 0.3) is 0 Å². The number of halogens is 2. The molecular formula is C31H35BrClN3O4S. The normalized spacial score (nSPS) is 14.7. The number of benzene rings is 3. The number of carbonyl (C=O) groups excluding carboxylic acids is 2. The predicted octanol–water partition coefficient (Wildman–Crippen LogP) is 5.96. The van der Waals surface area contributed by atoms with E-state index in [1.165, 1.54) is 4.90 Å². The van der Waals surface area contributed by atoms with Crippen molar-refractivity contribution in [3.63, 3.8) is 0 Å². The molecule has 2 amide bonds. The van der Waals surface area contributed by atoms with Gasteiger partial charge >= 0.3 is 0 Å². The van der Waals surface area contributed by atoms with E-state index < -0.39 is 28.5 Å². The van der Waals surface area contributed by atoms with E-state index in [-0.39, 0.29) is 24.9 Å². The van der Waals surface area contributed by atoms with Crippen LogP contribution in [-0.2, 0) is 32.6 Å². The highest BCUT2D eigenvalue weighted by atomic mass is 79.9. The monoisotopic (exact) mass is 659 g/mol. The van der Waals surface area contributed by atoms with Crippen LogP contribution >= 0.6 is 27.5 Å². The molecule has 0 heterocycles. The summed E-state index contributed by atoms with van der Waals surface area (Å²) in [6, 6.07) is 22.6. The smallest absolute Gasteiger partial charge is 0.244 e. The maximum Gasteiger partial charge on any atom is 0.244 e. The van der Waals surface area contributed by atoms with Crippen LogP contribution in [0.2, 0.25) is 5.02 Å². The molecule has 10 heteroatoms. The molecule has 0 spiro atoms. The lowest BCUT2D eigenvalue weighted by Gasteiger charge is -2.35. The number of hydrogen-bond acceptors (Lipinski definition) is 4. The van der Waals surface area contributed by atoms with Crippen LogP contribution < -0.4 is 9.62 Å². The largest absolute Gasteiger partial charge is 0.352 e. The molecule has 1 N–H and O–H groups in total. The molecule has 0 unspecified atom stereocenters. The van der Waals surface area contributed by atoms with Crippen molar-refractivity contribution < 1.29 is 18.0 Å². The molecule has 1 saturated carbocycles.